The average Bonchev–Trinajstić information content (AvgIpc) is 3.25. The van der Waals surface area contributed by atoms with Crippen LogP contribution in [0.4, 0.5) is 0 Å². The fourth-order valence-corrected chi connectivity index (χ4v) is 7.67. The first-order valence-electron chi connectivity index (χ1n) is 26.1. The average molecular weight is 854 g/mol. The second kappa shape index (κ2) is 48.6. The standard InChI is InChI=1S/C55H99NO5/c1-4-7-10-13-16-19-22-24-25-26-27-28-30-33-36-39-42-45-48-55(60)61-51(46-43-40-37-34-32-29-23-20-17-14-11-8-5-2)49-54(59)56-52(50-57)53(58)47-44-41-38-35-31-21-18-15-12-9-6-3/h16,19-20,22-28,51-53,57-58H,4-15,17-18,21,29-50H2,1-3H3,(H,56,59)/b19-16+,23-20-,24-22+,26-25+,28-27+. The molecule has 0 radical (unpaired) electrons. The van der Waals surface area contributed by atoms with Gasteiger partial charge in [-0.25, -0.2) is 0 Å². The Kier molecular flexibility index (Phi) is 46.6. The zero-order valence-electron chi connectivity index (χ0n) is 40.3. The predicted octanol–water partition coefficient (Wildman–Crippen LogP) is 15.6. The molecule has 61 heavy (non-hydrogen) atoms. The minimum absolute atomic E-state index is 0.0611. The van der Waals surface area contributed by atoms with Gasteiger partial charge in [0.2, 0.25) is 5.91 Å². The highest BCUT2D eigenvalue weighted by molar-refractivity contribution is 5.77. The van der Waals surface area contributed by atoms with E-state index in [0.717, 1.165) is 89.9 Å². The molecule has 0 aromatic heterocycles. The summed E-state index contributed by atoms with van der Waals surface area (Å²) < 4.78 is 5.92. The molecule has 0 aliphatic heterocycles. The fraction of sp³-hybridized carbons (Fsp3) is 0.782. The van der Waals surface area contributed by atoms with Gasteiger partial charge in [0.1, 0.15) is 6.10 Å². The first-order valence-corrected chi connectivity index (χ1v) is 26.1. The molecular weight excluding hydrogens is 755 g/mol. The number of hydrogen-bond acceptors (Lipinski definition) is 5. The van der Waals surface area contributed by atoms with Gasteiger partial charge < -0.3 is 20.3 Å². The molecule has 0 spiro atoms. The Morgan fingerprint density at radius 2 is 0.852 bits per heavy atom. The highest BCUT2D eigenvalue weighted by Gasteiger charge is 2.24. The summed E-state index contributed by atoms with van der Waals surface area (Å²) in [7, 11) is 0. The van der Waals surface area contributed by atoms with Crippen LogP contribution in [-0.4, -0.2) is 46.9 Å². The number of aliphatic hydroxyl groups is 2. The van der Waals surface area contributed by atoms with Gasteiger partial charge in [0, 0.05) is 6.42 Å². The third-order valence-corrected chi connectivity index (χ3v) is 11.7. The molecule has 0 saturated heterocycles. The summed E-state index contributed by atoms with van der Waals surface area (Å²) in [6.07, 6.45) is 59.8. The van der Waals surface area contributed by atoms with Gasteiger partial charge >= 0.3 is 5.97 Å². The molecule has 0 fully saturated rings. The van der Waals surface area contributed by atoms with Gasteiger partial charge in [-0.15, -0.1) is 0 Å². The van der Waals surface area contributed by atoms with Crippen LogP contribution in [0.5, 0.6) is 0 Å². The minimum Gasteiger partial charge on any atom is -0.462 e. The zero-order valence-corrected chi connectivity index (χ0v) is 40.3. The molecule has 0 heterocycles. The lowest BCUT2D eigenvalue weighted by Crippen LogP contribution is -2.46. The Labute approximate surface area is 378 Å². The quantitative estimate of drug-likeness (QED) is 0.0245. The van der Waals surface area contributed by atoms with Crippen molar-refractivity contribution in [3.8, 4) is 0 Å². The Hall–Kier alpha value is -2.44. The van der Waals surface area contributed by atoms with Crippen LogP contribution >= 0.6 is 0 Å². The molecule has 3 unspecified atom stereocenters. The van der Waals surface area contributed by atoms with Crippen LogP contribution in [0.25, 0.3) is 0 Å². The van der Waals surface area contributed by atoms with Gasteiger partial charge in [0.25, 0.3) is 0 Å². The van der Waals surface area contributed by atoms with Crippen LogP contribution in [0.2, 0.25) is 0 Å². The van der Waals surface area contributed by atoms with E-state index in [1.54, 1.807) is 0 Å². The molecule has 0 aromatic carbocycles. The molecule has 0 aliphatic carbocycles. The van der Waals surface area contributed by atoms with Crippen molar-refractivity contribution < 1.29 is 24.5 Å². The number of amides is 1. The number of unbranched alkanes of at least 4 members (excludes halogenated alkanes) is 27. The lowest BCUT2D eigenvalue weighted by atomic mass is 10.0. The third-order valence-electron chi connectivity index (χ3n) is 11.7. The summed E-state index contributed by atoms with van der Waals surface area (Å²) in [4.78, 5) is 26.1. The minimum atomic E-state index is -0.794. The van der Waals surface area contributed by atoms with Gasteiger partial charge in [-0.05, 0) is 77.0 Å². The van der Waals surface area contributed by atoms with Gasteiger partial charge in [0.05, 0.1) is 25.2 Å². The molecule has 0 saturated carbocycles. The number of rotatable bonds is 46. The number of allylic oxidation sites excluding steroid dienone is 10. The van der Waals surface area contributed by atoms with E-state index >= 15 is 0 Å². The van der Waals surface area contributed by atoms with Crippen LogP contribution in [0.1, 0.15) is 252 Å². The van der Waals surface area contributed by atoms with Crippen molar-refractivity contribution in [1.29, 1.82) is 0 Å². The van der Waals surface area contributed by atoms with E-state index in [1.165, 1.54) is 116 Å². The molecule has 3 atom stereocenters. The third kappa shape index (κ3) is 44.0. The number of nitrogens with one attached hydrogen (secondary N) is 1. The predicted molar refractivity (Wildman–Crippen MR) is 264 cm³/mol. The van der Waals surface area contributed by atoms with Crippen LogP contribution in [0.15, 0.2) is 60.8 Å². The topological polar surface area (TPSA) is 95.9 Å². The maximum Gasteiger partial charge on any atom is 0.306 e. The number of hydrogen-bond donors (Lipinski definition) is 3. The summed E-state index contributed by atoms with van der Waals surface area (Å²) in [6.45, 7) is 6.42. The van der Waals surface area contributed by atoms with E-state index in [4.69, 9.17) is 4.74 Å². The number of carbonyl (C=O) groups is 2. The van der Waals surface area contributed by atoms with E-state index in [-0.39, 0.29) is 24.9 Å². The van der Waals surface area contributed by atoms with Crippen LogP contribution in [-0.2, 0) is 14.3 Å². The van der Waals surface area contributed by atoms with Crippen LogP contribution in [0.3, 0.4) is 0 Å². The number of carbonyl (C=O) groups excluding carboxylic acids is 2. The number of esters is 1. The van der Waals surface area contributed by atoms with Crippen LogP contribution in [0, 0.1) is 0 Å². The number of ether oxygens (including phenoxy) is 1. The van der Waals surface area contributed by atoms with E-state index in [2.05, 4.69) is 86.8 Å². The first kappa shape index (κ1) is 58.6. The van der Waals surface area contributed by atoms with Gasteiger partial charge in [-0.3, -0.25) is 9.59 Å². The SMILES string of the molecule is CCCCC/C=C/C=C/C=C/C=C/CCCCCCCC(=O)OC(CCCCCCC/C=C\CCCCCC)CC(=O)NC(CO)C(O)CCCCCCCCCCCCC. The molecular formula is C55H99NO5. The molecule has 354 valence electrons. The molecule has 6 heteroatoms. The zero-order chi connectivity index (χ0) is 44.5. The van der Waals surface area contributed by atoms with Crippen molar-refractivity contribution in [2.75, 3.05) is 6.61 Å². The maximum atomic E-state index is 13.2. The molecule has 6 nitrogen and oxygen atoms in total. The van der Waals surface area contributed by atoms with Crippen molar-refractivity contribution in [3.63, 3.8) is 0 Å². The fourth-order valence-electron chi connectivity index (χ4n) is 7.67. The summed E-state index contributed by atoms with van der Waals surface area (Å²) in [5, 5.41) is 23.7. The lowest BCUT2D eigenvalue weighted by molar-refractivity contribution is -0.151. The molecule has 0 bridgehead atoms. The Morgan fingerprint density at radius 1 is 0.475 bits per heavy atom. The number of aliphatic hydroxyl groups excluding tert-OH is 2. The van der Waals surface area contributed by atoms with Crippen molar-refractivity contribution in [1.82, 2.24) is 5.32 Å². The Bertz CT molecular complexity index is 1090. The smallest absolute Gasteiger partial charge is 0.306 e. The molecule has 1 amide bonds. The second-order valence-corrected chi connectivity index (χ2v) is 17.7. The lowest BCUT2D eigenvalue weighted by Gasteiger charge is -2.24. The largest absolute Gasteiger partial charge is 0.462 e. The van der Waals surface area contributed by atoms with E-state index in [0.29, 0.717) is 19.3 Å². The van der Waals surface area contributed by atoms with E-state index in [1.807, 2.05) is 0 Å². The molecule has 0 aromatic rings. The van der Waals surface area contributed by atoms with Gasteiger partial charge in [-0.1, -0.05) is 223 Å². The molecule has 0 aliphatic rings. The summed E-state index contributed by atoms with van der Waals surface area (Å²) >= 11 is 0. The Morgan fingerprint density at radius 3 is 1.36 bits per heavy atom. The summed E-state index contributed by atoms with van der Waals surface area (Å²) in [5.74, 6) is -0.507. The monoisotopic (exact) mass is 854 g/mol. The van der Waals surface area contributed by atoms with Crippen molar-refractivity contribution in [2.45, 2.75) is 270 Å². The molecule has 3 N–H and O–H groups in total. The Balaban J connectivity index is 4.63. The highest BCUT2D eigenvalue weighted by Crippen LogP contribution is 2.17. The first-order chi connectivity index (χ1) is 30.0. The summed E-state index contributed by atoms with van der Waals surface area (Å²) in [6, 6.07) is -0.709. The van der Waals surface area contributed by atoms with Crippen LogP contribution < -0.4 is 5.32 Å². The highest BCUT2D eigenvalue weighted by atomic mass is 16.5. The van der Waals surface area contributed by atoms with E-state index in [9.17, 15) is 19.8 Å². The maximum absolute atomic E-state index is 13.2. The second-order valence-electron chi connectivity index (χ2n) is 17.7. The van der Waals surface area contributed by atoms with Gasteiger partial charge in [0.15, 0.2) is 0 Å². The normalized spacial score (nSPS) is 13.7. The van der Waals surface area contributed by atoms with Crippen molar-refractivity contribution >= 4 is 11.9 Å². The molecule has 0 rings (SSSR count). The van der Waals surface area contributed by atoms with E-state index < -0.39 is 18.2 Å². The van der Waals surface area contributed by atoms with Gasteiger partial charge in [-0.2, -0.15) is 0 Å². The van der Waals surface area contributed by atoms with Crippen molar-refractivity contribution in [3.05, 3.63) is 60.8 Å². The summed E-state index contributed by atoms with van der Waals surface area (Å²) in [5.41, 5.74) is 0. The van der Waals surface area contributed by atoms with Crippen molar-refractivity contribution in [2.24, 2.45) is 0 Å².